The summed E-state index contributed by atoms with van der Waals surface area (Å²) in [5.41, 5.74) is 1.31. The van der Waals surface area contributed by atoms with Crippen LogP contribution in [0.5, 0.6) is 0 Å². The minimum absolute atomic E-state index is 0.412. The summed E-state index contributed by atoms with van der Waals surface area (Å²) in [6, 6.07) is 10.4. The van der Waals surface area contributed by atoms with Crippen molar-refractivity contribution in [3.8, 4) is 0 Å². The van der Waals surface area contributed by atoms with Crippen LogP contribution in [0.2, 0.25) is 0 Å². The highest BCUT2D eigenvalue weighted by Gasteiger charge is 2.09. The molecule has 90 valence electrons. The molecule has 1 atom stereocenters. The van der Waals surface area contributed by atoms with E-state index in [0.717, 1.165) is 19.6 Å². The van der Waals surface area contributed by atoms with E-state index >= 15 is 0 Å². The van der Waals surface area contributed by atoms with Crippen molar-refractivity contribution >= 4 is 11.6 Å². The molecule has 2 heteroatoms. The predicted molar refractivity (Wildman–Crippen MR) is 70.2 cm³/mol. The molecule has 1 nitrogen and oxygen atoms in total. The van der Waals surface area contributed by atoms with Gasteiger partial charge in [-0.3, -0.25) is 0 Å². The molecule has 0 spiro atoms. The number of alkyl halides is 1. The molecule has 1 aromatic carbocycles. The normalized spacial score (nSPS) is 13.0. The Kier molecular flexibility index (Phi) is 6.51. The van der Waals surface area contributed by atoms with Crippen molar-refractivity contribution < 1.29 is 4.74 Å². The van der Waals surface area contributed by atoms with Gasteiger partial charge in [-0.15, -0.1) is 11.6 Å². The van der Waals surface area contributed by atoms with E-state index < -0.39 is 0 Å². The third kappa shape index (κ3) is 5.00. The van der Waals surface area contributed by atoms with Gasteiger partial charge in [-0.2, -0.15) is 0 Å². The quantitative estimate of drug-likeness (QED) is 0.516. The molecular formula is C14H21ClO. The lowest BCUT2D eigenvalue weighted by Gasteiger charge is -2.14. The summed E-state index contributed by atoms with van der Waals surface area (Å²) in [6.45, 7) is 5.96. The first-order valence-electron chi connectivity index (χ1n) is 5.92. The summed E-state index contributed by atoms with van der Waals surface area (Å²) in [7, 11) is 0. The van der Waals surface area contributed by atoms with E-state index in [1.807, 2.05) is 6.07 Å². The highest BCUT2D eigenvalue weighted by molar-refractivity contribution is 6.18. The van der Waals surface area contributed by atoms with Crippen molar-refractivity contribution in [1.82, 2.24) is 0 Å². The van der Waals surface area contributed by atoms with Crippen molar-refractivity contribution in [3.63, 3.8) is 0 Å². The Hall–Kier alpha value is -0.530. The lowest BCUT2D eigenvalue weighted by molar-refractivity contribution is 0.105. The molecule has 0 fully saturated rings. The van der Waals surface area contributed by atoms with Crippen molar-refractivity contribution in [3.05, 3.63) is 35.9 Å². The molecule has 1 unspecified atom stereocenters. The summed E-state index contributed by atoms with van der Waals surface area (Å²) in [6.07, 6.45) is 1.00. The Morgan fingerprint density at radius 2 is 1.88 bits per heavy atom. The average molecular weight is 241 g/mol. The maximum Gasteiger partial charge on any atom is 0.0488 e. The Labute approximate surface area is 104 Å². The number of hydrogen-bond acceptors (Lipinski definition) is 1. The minimum atomic E-state index is 0.412. The summed E-state index contributed by atoms with van der Waals surface area (Å²) in [4.78, 5) is 0. The summed E-state index contributed by atoms with van der Waals surface area (Å²) in [5.74, 6) is 1.68. The maximum absolute atomic E-state index is 5.99. The van der Waals surface area contributed by atoms with Crippen molar-refractivity contribution in [2.45, 2.75) is 26.2 Å². The standard InChI is InChI=1S/C14H21ClO/c1-12(2)11-16-9-8-14(10-15)13-6-4-3-5-7-13/h3-7,12,14H,8-11H2,1-2H3. The SMILES string of the molecule is CC(C)COCCC(CCl)c1ccccc1. The van der Waals surface area contributed by atoms with E-state index in [1.54, 1.807) is 0 Å². The van der Waals surface area contributed by atoms with Gasteiger partial charge in [0.15, 0.2) is 0 Å². The monoisotopic (exact) mass is 240 g/mol. The molecule has 0 aliphatic heterocycles. The molecule has 0 aliphatic carbocycles. The van der Waals surface area contributed by atoms with Crippen LogP contribution in [-0.4, -0.2) is 19.1 Å². The highest BCUT2D eigenvalue weighted by atomic mass is 35.5. The Morgan fingerprint density at radius 1 is 1.19 bits per heavy atom. The van der Waals surface area contributed by atoms with Gasteiger partial charge in [0.25, 0.3) is 0 Å². The van der Waals surface area contributed by atoms with E-state index in [0.29, 0.717) is 17.7 Å². The van der Waals surface area contributed by atoms with E-state index in [1.165, 1.54) is 5.56 Å². The first-order chi connectivity index (χ1) is 7.74. The fourth-order valence-electron chi connectivity index (χ4n) is 1.60. The second-order valence-corrected chi connectivity index (χ2v) is 4.83. The Bertz CT molecular complexity index is 271. The molecule has 16 heavy (non-hydrogen) atoms. The van der Waals surface area contributed by atoms with Crippen LogP contribution >= 0.6 is 11.6 Å². The average Bonchev–Trinajstić information content (AvgIpc) is 2.30. The molecule has 0 saturated carbocycles. The third-order valence-corrected chi connectivity index (χ3v) is 2.89. The second kappa shape index (κ2) is 7.70. The predicted octanol–water partition coefficient (Wildman–Crippen LogP) is 4.07. The van der Waals surface area contributed by atoms with Crippen LogP contribution in [0.15, 0.2) is 30.3 Å². The molecule has 0 heterocycles. The zero-order chi connectivity index (χ0) is 11.8. The Morgan fingerprint density at radius 3 is 2.44 bits per heavy atom. The van der Waals surface area contributed by atoms with Gasteiger partial charge in [0, 0.05) is 19.1 Å². The first kappa shape index (κ1) is 13.5. The van der Waals surface area contributed by atoms with Gasteiger partial charge in [-0.1, -0.05) is 44.2 Å². The molecule has 1 aromatic rings. The van der Waals surface area contributed by atoms with E-state index in [9.17, 15) is 0 Å². The number of halogens is 1. The van der Waals surface area contributed by atoms with Gasteiger partial charge in [0.1, 0.15) is 0 Å². The number of ether oxygens (including phenoxy) is 1. The first-order valence-corrected chi connectivity index (χ1v) is 6.46. The van der Waals surface area contributed by atoms with Crippen LogP contribution in [0.3, 0.4) is 0 Å². The molecule has 0 N–H and O–H groups in total. The topological polar surface area (TPSA) is 9.23 Å². The van der Waals surface area contributed by atoms with E-state index in [4.69, 9.17) is 16.3 Å². The van der Waals surface area contributed by atoms with Crippen molar-refractivity contribution in [2.75, 3.05) is 19.1 Å². The molecule has 0 amide bonds. The lowest BCUT2D eigenvalue weighted by Crippen LogP contribution is -2.08. The zero-order valence-electron chi connectivity index (χ0n) is 10.2. The van der Waals surface area contributed by atoms with Gasteiger partial charge < -0.3 is 4.74 Å². The summed E-state index contributed by atoms with van der Waals surface area (Å²) < 4.78 is 5.59. The molecule has 0 aliphatic rings. The van der Waals surface area contributed by atoms with Crippen molar-refractivity contribution in [1.29, 1.82) is 0 Å². The Balaban J connectivity index is 2.33. The molecule has 0 bridgehead atoms. The molecule has 0 aromatic heterocycles. The van der Waals surface area contributed by atoms with Crippen LogP contribution in [0, 0.1) is 5.92 Å². The van der Waals surface area contributed by atoms with Crippen LogP contribution in [0.25, 0.3) is 0 Å². The number of benzene rings is 1. The van der Waals surface area contributed by atoms with Gasteiger partial charge in [0.05, 0.1) is 0 Å². The number of rotatable bonds is 7. The van der Waals surface area contributed by atoms with Gasteiger partial charge in [0.2, 0.25) is 0 Å². The number of hydrogen-bond donors (Lipinski definition) is 0. The molecular weight excluding hydrogens is 220 g/mol. The summed E-state index contributed by atoms with van der Waals surface area (Å²) in [5, 5.41) is 0. The summed E-state index contributed by atoms with van der Waals surface area (Å²) >= 11 is 5.99. The van der Waals surface area contributed by atoms with Crippen LogP contribution in [0.1, 0.15) is 31.7 Å². The van der Waals surface area contributed by atoms with Crippen molar-refractivity contribution in [2.24, 2.45) is 5.92 Å². The van der Waals surface area contributed by atoms with Crippen LogP contribution in [0.4, 0.5) is 0 Å². The largest absolute Gasteiger partial charge is 0.381 e. The second-order valence-electron chi connectivity index (χ2n) is 4.52. The lowest BCUT2D eigenvalue weighted by atomic mass is 9.98. The van der Waals surface area contributed by atoms with Crippen LogP contribution in [-0.2, 0) is 4.74 Å². The van der Waals surface area contributed by atoms with Gasteiger partial charge in [-0.05, 0) is 23.8 Å². The third-order valence-electron chi connectivity index (χ3n) is 2.52. The van der Waals surface area contributed by atoms with Gasteiger partial charge >= 0.3 is 0 Å². The molecule has 0 saturated heterocycles. The van der Waals surface area contributed by atoms with E-state index in [2.05, 4.69) is 38.1 Å². The zero-order valence-corrected chi connectivity index (χ0v) is 10.9. The smallest absolute Gasteiger partial charge is 0.0488 e. The molecule has 1 rings (SSSR count). The highest BCUT2D eigenvalue weighted by Crippen LogP contribution is 2.20. The fraction of sp³-hybridized carbons (Fsp3) is 0.571. The van der Waals surface area contributed by atoms with Gasteiger partial charge in [-0.25, -0.2) is 0 Å². The maximum atomic E-state index is 5.99. The minimum Gasteiger partial charge on any atom is -0.381 e. The van der Waals surface area contributed by atoms with E-state index in [-0.39, 0.29) is 0 Å². The van der Waals surface area contributed by atoms with Crippen LogP contribution < -0.4 is 0 Å². The molecule has 0 radical (unpaired) electrons. The fourth-order valence-corrected chi connectivity index (χ4v) is 1.94.